The summed E-state index contributed by atoms with van der Waals surface area (Å²) in [5.41, 5.74) is 1.67. The summed E-state index contributed by atoms with van der Waals surface area (Å²) < 4.78 is 14.9. The Balaban J connectivity index is 2.38. The fourth-order valence-corrected chi connectivity index (χ4v) is 3.75. The molecule has 0 bridgehead atoms. The van der Waals surface area contributed by atoms with Gasteiger partial charge in [-0.05, 0) is 66.0 Å². The molecular weight excluding hydrogens is 337 g/mol. The molecule has 0 aliphatic carbocycles. The zero-order chi connectivity index (χ0) is 14.7. The number of halogens is 2. The van der Waals surface area contributed by atoms with Crippen LogP contribution < -0.4 is 5.32 Å². The lowest BCUT2D eigenvalue weighted by Gasteiger charge is -2.18. The third kappa shape index (κ3) is 3.48. The van der Waals surface area contributed by atoms with Crippen LogP contribution in [0, 0.1) is 19.7 Å². The van der Waals surface area contributed by atoms with E-state index >= 15 is 0 Å². The normalized spacial score (nSPS) is 12.7. The summed E-state index contributed by atoms with van der Waals surface area (Å²) in [6.45, 7) is 6.93. The number of nitrogens with one attached hydrogen (secondary N) is 1. The monoisotopic (exact) mass is 355 g/mol. The molecule has 0 spiro atoms. The van der Waals surface area contributed by atoms with Crippen molar-refractivity contribution in [1.82, 2.24) is 5.32 Å². The fraction of sp³-hybridized carbons (Fsp3) is 0.375. The average molecular weight is 356 g/mol. The summed E-state index contributed by atoms with van der Waals surface area (Å²) >= 11 is 5.31. The van der Waals surface area contributed by atoms with E-state index in [4.69, 9.17) is 0 Å². The van der Waals surface area contributed by atoms with Gasteiger partial charge >= 0.3 is 0 Å². The van der Waals surface area contributed by atoms with Crippen molar-refractivity contribution in [3.63, 3.8) is 0 Å². The van der Waals surface area contributed by atoms with Crippen molar-refractivity contribution in [1.29, 1.82) is 0 Å². The second-order valence-electron chi connectivity index (χ2n) is 4.95. The molecule has 1 heterocycles. The van der Waals surface area contributed by atoms with Gasteiger partial charge in [-0.2, -0.15) is 0 Å². The topological polar surface area (TPSA) is 12.0 Å². The van der Waals surface area contributed by atoms with Crippen LogP contribution in [-0.2, 0) is 0 Å². The molecule has 1 unspecified atom stereocenters. The van der Waals surface area contributed by atoms with E-state index in [2.05, 4.69) is 41.2 Å². The zero-order valence-corrected chi connectivity index (χ0v) is 14.4. The number of rotatable bonds is 5. The number of hydrogen-bond donors (Lipinski definition) is 1. The molecule has 20 heavy (non-hydrogen) atoms. The van der Waals surface area contributed by atoms with Gasteiger partial charge in [0.15, 0.2) is 0 Å². The van der Waals surface area contributed by atoms with Gasteiger partial charge in [0.2, 0.25) is 0 Å². The van der Waals surface area contributed by atoms with Crippen LogP contribution in [0.1, 0.15) is 40.3 Å². The highest BCUT2D eigenvalue weighted by atomic mass is 79.9. The second-order valence-corrected chi connectivity index (χ2v) is 7.09. The van der Waals surface area contributed by atoms with Crippen LogP contribution in [0.15, 0.2) is 28.7 Å². The van der Waals surface area contributed by atoms with E-state index in [9.17, 15) is 4.39 Å². The quantitative estimate of drug-likeness (QED) is 0.761. The molecule has 2 aromatic rings. The number of hydrogen-bond acceptors (Lipinski definition) is 2. The lowest BCUT2D eigenvalue weighted by Crippen LogP contribution is -2.22. The fourth-order valence-electron chi connectivity index (χ4n) is 2.08. The third-order valence-electron chi connectivity index (χ3n) is 3.29. The molecule has 1 N–H and O–H groups in total. The van der Waals surface area contributed by atoms with Crippen LogP contribution in [0.4, 0.5) is 4.39 Å². The Morgan fingerprint density at radius 3 is 2.60 bits per heavy atom. The van der Waals surface area contributed by atoms with E-state index in [-0.39, 0.29) is 11.9 Å². The van der Waals surface area contributed by atoms with Crippen LogP contribution >= 0.6 is 27.3 Å². The van der Waals surface area contributed by atoms with Crippen molar-refractivity contribution < 1.29 is 4.39 Å². The van der Waals surface area contributed by atoms with Gasteiger partial charge in [0.25, 0.3) is 0 Å². The Bertz CT molecular complexity index is 575. The van der Waals surface area contributed by atoms with E-state index in [1.54, 1.807) is 24.3 Å². The van der Waals surface area contributed by atoms with E-state index in [1.165, 1.54) is 9.75 Å². The third-order valence-corrected chi connectivity index (χ3v) is 5.49. The highest BCUT2D eigenvalue weighted by Gasteiger charge is 2.17. The van der Waals surface area contributed by atoms with E-state index in [0.29, 0.717) is 5.56 Å². The lowest BCUT2D eigenvalue weighted by molar-refractivity contribution is 0.587. The van der Waals surface area contributed by atoms with E-state index < -0.39 is 0 Å². The van der Waals surface area contributed by atoms with Crippen molar-refractivity contribution >= 4 is 27.3 Å². The Kier molecular flexibility index (Phi) is 5.35. The minimum absolute atomic E-state index is 0.0556. The predicted octanol–water partition coefficient (Wildman–Crippen LogP) is 5.36. The van der Waals surface area contributed by atoms with Gasteiger partial charge < -0.3 is 5.32 Å². The Hall–Kier alpha value is -0.710. The maximum atomic E-state index is 13.8. The molecule has 0 amide bonds. The minimum atomic E-state index is -0.141. The minimum Gasteiger partial charge on any atom is -0.306 e. The number of thiophene rings is 1. The molecule has 0 saturated carbocycles. The molecule has 1 nitrogen and oxygen atoms in total. The Morgan fingerprint density at radius 2 is 2.05 bits per heavy atom. The lowest BCUT2D eigenvalue weighted by atomic mass is 10.0. The van der Waals surface area contributed by atoms with E-state index in [1.807, 2.05) is 12.1 Å². The Morgan fingerprint density at radius 1 is 1.30 bits per heavy atom. The number of aryl methyl sites for hydroxylation is 2. The summed E-state index contributed by atoms with van der Waals surface area (Å²) in [6.07, 6.45) is 1.05. The van der Waals surface area contributed by atoms with Crippen LogP contribution in [0.25, 0.3) is 0 Å². The van der Waals surface area contributed by atoms with Crippen molar-refractivity contribution in [2.45, 2.75) is 33.2 Å². The summed E-state index contributed by atoms with van der Waals surface area (Å²) in [5.74, 6) is -0.141. The van der Waals surface area contributed by atoms with Crippen molar-refractivity contribution in [3.05, 3.63) is 55.4 Å². The van der Waals surface area contributed by atoms with Crippen LogP contribution in [0.2, 0.25) is 0 Å². The summed E-state index contributed by atoms with van der Waals surface area (Å²) in [5, 5.41) is 3.51. The summed E-state index contributed by atoms with van der Waals surface area (Å²) in [7, 11) is 0. The first-order valence-corrected chi connectivity index (χ1v) is 8.39. The zero-order valence-electron chi connectivity index (χ0n) is 12.0. The van der Waals surface area contributed by atoms with Crippen molar-refractivity contribution in [2.75, 3.05) is 6.54 Å². The van der Waals surface area contributed by atoms with Gasteiger partial charge in [0.1, 0.15) is 5.82 Å². The average Bonchev–Trinajstić information content (AvgIpc) is 2.74. The molecular formula is C16H19BrFNS. The molecule has 2 rings (SSSR count). The molecule has 0 aliphatic rings. The maximum absolute atomic E-state index is 13.8. The van der Waals surface area contributed by atoms with Gasteiger partial charge in [-0.25, -0.2) is 4.39 Å². The maximum Gasteiger partial charge on any atom is 0.126 e. The van der Waals surface area contributed by atoms with Crippen LogP contribution in [0.3, 0.4) is 0 Å². The highest BCUT2D eigenvalue weighted by Crippen LogP contribution is 2.34. The smallest absolute Gasteiger partial charge is 0.126 e. The summed E-state index contributed by atoms with van der Waals surface area (Å²) in [6, 6.07) is 7.69. The first-order valence-electron chi connectivity index (χ1n) is 6.78. The highest BCUT2D eigenvalue weighted by molar-refractivity contribution is 9.10. The van der Waals surface area contributed by atoms with Gasteiger partial charge in [-0.1, -0.05) is 19.1 Å². The molecule has 0 fully saturated rings. The molecule has 1 aromatic carbocycles. The largest absolute Gasteiger partial charge is 0.306 e. The van der Waals surface area contributed by atoms with Crippen molar-refractivity contribution in [2.24, 2.45) is 0 Å². The van der Waals surface area contributed by atoms with Crippen molar-refractivity contribution in [3.8, 4) is 0 Å². The molecule has 0 aliphatic heterocycles. The van der Waals surface area contributed by atoms with Crippen LogP contribution in [-0.4, -0.2) is 6.54 Å². The van der Waals surface area contributed by atoms with Crippen LogP contribution in [0.5, 0.6) is 0 Å². The molecule has 0 saturated heterocycles. The molecule has 0 radical (unpaired) electrons. The van der Waals surface area contributed by atoms with Gasteiger partial charge in [-0.3, -0.25) is 0 Å². The first kappa shape index (κ1) is 15.7. The SMILES string of the molecule is CCCNC(c1ccc(C)c(F)c1)c1cc(Br)c(C)s1. The number of benzene rings is 1. The van der Waals surface area contributed by atoms with Gasteiger partial charge in [0.05, 0.1) is 6.04 Å². The summed E-state index contributed by atoms with van der Waals surface area (Å²) in [4.78, 5) is 2.46. The first-order chi connectivity index (χ1) is 9.52. The second kappa shape index (κ2) is 6.83. The molecule has 1 atom stereocenters. The Labute approximate surface area is 132 Å². The molecule has 4 heteroatoms. The standard InChI is InChI=1S/C16H19BrFNS/c1-4-7-19-16(15-9-13(17)11(3)20-15)12-6-5-10(2)14(18)8-12/h5-6,8-9,16,19H,4,7H2,1-3H3. The predicted molar refractivity (Wildman–Crippen MR) is 88.0 cm³/mol. The molecule has 1 aromatic heterocycles. The van der Waals surface area contributed by atoms with Gasteiger partial charge in [-0.15, -0.1) is 11.3 Å². The molecule has 108 valence electrons. The van der Waals surface area contributed by atoms with E-state index in [0.717, 1.165) is 23.0 Å². The van der Waals surface area contributed by atoms with Gasteiger partial charge in [0, 0.05) is 14.2 Å².